The van der Waals surface area contributed by atoms with E-state index in [-0.39, 0.29) is 0 Å². The Hall–Kier alpha value is -0.760. The largest absolute Gasteiger partial charge is 0.469 e. The van der Waals surface area contributed by atoms with Crippen molar-refractivity contribution in [3.63, 3.8) is 0 Å². The normalized spacial score (nSPS) is 21.4. The molecule has 0 bridgehead atoms. The fraction of sp³-hybridized carbons (Fsp3) is 0.789. The highest BCUT2D eigenvalue weighted by Gasteiger charge is 2.13. The molecule has 0 aliphatic heterocycles. The minimum Gasteiger partial charge on any atom is -0.469 e. The van der Waals surface area contributed by atoms with Crippen LogP contribution in [0.3, 0.4) is 0 Å². The van der Waals surface area contributed by atoms with Gasteiger partial charge in [-0.25, -0.2) is 0 Å². The van der Waals surface area contributed by atoms with E-state index in [1.54, 1.807) is 6.26 Å². The summed E-state index contributed by atoms with van der Waals surface area (Å²) in [5.41, 5.74) is 0. The van der Waals surface area contributed by atoms with E-state index in [4.69, 9.17) is 4.42 Å². The quantitative estimate of drug-likeness (QED) is 0.795. The van der Waals surface area contributed by atoms with E-state index in [0.717, 1.165) is 12.2 Å². The van der Waals surface area contributed by atoms with Gasteiger partial charge in [0.05, 0.1) is 6.26 Å². The summed E-state index contributed by atoms with van der Waals surface area (Å²) >= 11 is 0. The summed E-state index contributed by atoms with van der Waals surface area (Å²) in [5, 5.41) is 3.85. The minimum absolute atomic E-state index is 0.508. The lowest BCUT2D eigenvalue weighted by Crippen LogP contribution is -2.37. The highest BCUT2D eigenvalue weighted by atomic mass is 16.3. The maximum Gasteiger partial charge on any atom is 0.105 e. The molecule has 2 rings (SSSR count). The van der Waals surface area contributed by atoms with E-state index in [0.29, 0.717) is 12.1 Å². The van der Waals surface area contributed by atoms with Crippen molar-refractivity contribution >= 4 is 0 Å². The molecule has 2 nitrogen and oxygen atoms in total. The van der Waals surface area contributed by atoms with Gasteiger partial charge in [-0.2, -0.15) is 0 Å². The first-order chi connectivity index (χ1) is 10.3. The summed E-state index contributed by atoms with van der Waals surface area (Å²) in [6.45, 7) is 2.29. The Bertz CT molecular complexity index is 334. The smallest absolute Gasteiger partial charge is 0.105 e. The second-order valence-corrected chi connectivity index (χ2v) is 6.81. The predicted molar refractivity (Wildman–Crippen MR) is 89.6 cm³/mol. The molecule has 0 saturated heterocycles. The molecule has 2 heteroatoms. The zero-order valence-corrected chi connectivity index (χ0v) is 13.8. The molecule has 1 aromatic heterocycles. The fourth-order valence-corrected chi connectivity index (χ4v) is 3.52. The second-order valence-electron chi connectivity index (χ2n) is 6.81. The van der Waals surface area contributed by atoms with Crippen molar-refractivity contribution in [1.82, 2.24) is 5.32 Å². The van der Waals surface area contributed by atoms with Crippen molar-refractivity contribution in [2.24, 2.45) is 0 Å². The van der Waals surface area contributed by atoms with Gasteiger partial charge in [-0.1, -0.05) is 57.8 Å². The van der Waals surface area contributed by atoms with Gasteiger partial charge in [0.1, 0.15) is 5.76 Å². The van der Waals surface area contributed by atoms with E-state index < -0.39 is 0 Å². The molecule has 1 saturated carbocycles. The van der Waals surface area contributed by atoms with Gasteiger partial charge in [-0.05, 0) is 31.9 Å². The SMILES string of the molecule is CC(Cc1ccco1)NC1CCCCCCCCCCC1. The zero-order chi connectivity index (χ0) is 14.8. The topological polar surface area (TPSA) is 25.2 Å². The Morgan fingerprint density at radius 3 is 2.10 bits per heavy atom. The summed E-state index contributed by atoms with van der Waals surface area (Å²) in [5.74, 6) is 1.10. The van der Waals surface area contributed by atoms with Crippen LogP contribution in [0.4, 0.5) is 0 Å². The van der Waals surface area contributed by atoms with Crippen LogP contribution >= 0.6 is 0 Å². The molecular formula is C19H33NO. The van der Waals surface area contributed by atoms with E-state index in [2.05, 4.69) is 18.3 Å². The summed E-state index contributed by atoms with van der Waals surface area (Å²) in [6.07, 6.45) is 18.4. The summed E-state index contributed by atoms with van der Waals surface area (Å²) in [6, 6.07) is 5.28. The average molecular weight is 291 g/mol. The Balaban J connectivity index is 1.74. The first-order valence-corrected chi connectivity index (χ1v) is 9.13. The Kier molecular flexibility index (Phi) is 7.95. The first kappa shape index (κ1) is 16.6. The monoisotopic (exact) mass is 291 g/mol. The highest BCUT2D eigenvalue weighted by molar-refractivity contribution is 5.00. The third-order valence-electron chi connectivity index (χ3n) is 4.71. The van der Waals surface area contributed by atoms with Gasteiger partial charge in [0, 0.05) is 18.5 Å². The molecule has 1 unspecified atom stereocenters. The number of hydrogen-bond donors (Lipinski definition) is 1. The first-order valence-electron chi connectivity index (χ1n) is 9.13. The van der Waals surface area contributed by atoms with E-state index >= 15 is 0 Å². The molecule has 1 N–H and O–H groups in total. The molecule has 1 fully saturated rings. The van der Waals surface area contributed by atoms with Gasteiger partial charge in [0.15, 0.2) is 0 Å². The van der Waals surface area contributed by atoms with Crippen molar-refractivity contribution < 1.29 is 4.42 Å². The van der Waals surface area contributed by atoms with Gasteiger partial charge in [0.25, 0.3) is 0 Å². The molecule has 0 radical (unpaired) electrons. The zero-order valence-electron chi connectivity index (χ0n) is 13.8. The Labute approximate surface area is 130 Å². The molecule has 1 aliphatic rings. The molecular weight excluding hydrogens is 258 g/mol. The number of hydrogen-bond acceptors (Lipinski definition) is 2. The van der Waals surface area contributed by atoms with Crippen LogP contribution in [0.15, 0.2) is 22.8 Å². The van der Waals surface area contributed by atoms with E-state index in [1.807, 2.05) is 6.07 Å². The van der Waals surface area contributed by atoms with Crippen molar-refractivity contribution in [1.29, 1.82) is 0 Å². The minimum atomic E-state index is 0.508. The molecule has 1 aliphatic carbocycles. The third-order valence-corrected chi connectivity index (χ3v) is 4.71. The van der Waals surface area contributed by atoms with Crippen LogP contribution in [0.5, 0.6) is 0 Å². The molecule has 0 spiro atoms. The van der Waals surface area contributed by atoms with Crippen molar-refractivity contribution in [2.45, 2.75) is 96.1 Å². The number of rotatable bonds is 4. The van der Waals surface area contributed by atoms with Gasteiger partial charge in [0.2, 0.25) is 0 Å². The Morgan fingerprint density at radius 2 is 1.57 bits per heavy atom. The van der Waals surface area contributed by atoms with Crippen LogP contribution in [0.25, 0.3) is 0 Å². The molecule has 0 amide bonds. The van der Waals surface area contributed by atoms with Crippen LogP contribution in [0.2, 0.25) is 0 Å². The van der Waals surface area contributed by atoms with Crippen LogP contribution < -0.4 is 5.32 Å². The predicted octanol–water partition coefficient (Wildman–Crippen LogP) is 5.47. The van der Waals surface area contributed by atoms with E-state index in [1.165, 1.54) is 70.6 Å². The maximum atomic E-state index is 5.46. The van der Waals surface area contributed by atoms with Crippen molar-refractivity contribution in [3.8, 4) is 0 Å². The molecule has 0 aromatic carbocycles. The average Bonchev–Trinajstić information content (AvgIpc) is 2.94. The lowest BCUT2D eigenvalue weighted by Gasteiger charge is -2.23. The van der Waals surface area contributed by atoms with Gasteiger partial charge in [-0.3, -0.25) is 0 Å². The van der Waals surface area contributed by atoms with Gasteiger partial charge in [-0.15, -0.1) is 0 Å². The van der Waals surface area contributed by atoms with Crippen LogP contribution in [0, 0.1) is 0 Å². The molecule has 120 valence electrons. The molecule has 1 atom stereocenters. The Morgan fingerprint density at radius 1 is 1.00 bits per heavy atom. The van der Waals surface area contributed by atoms with Crippen LogP contribution in [-0.2, 0) is 6.42 Å². The second kappa shape index (κ2) is 10.0. The van der Waals surface area contributed by atoms with Crippen molar-refractivity contribution in [3.05, 3.63) is 24.2 Å². The maximum absolute atomic E-state index is 5.46. The highest BCUT2D eigenvalue weighted by Crippen LogP contribution is 2.17. The molecule has 21 heavy (non-hydrogen) atoms. The third kappa shape index (κ3) is 7.17. The van der Waals surface area contributed by atoms with E-state index in [9.17, 15) is 0 Å². The molecule has 1 heterocycles. The summed E-state index contributed by atoms with van der Waals surface area (Å²) in [4.78, 5) is 0. The number of nitrogens with one attached hydrogen (secondary N) is 1. The lowest BCUT2D eigenvalue weighted by molar-refractivity contribution is 0.358. The van der Waals surface area contributed by atoms with Crippen LogP contribution in [-0.4, -0.2) is 12.1 Å². The fourth-order valence-electron chi connectivity index (χ4n) is 3.52. The summed E-state index contributed by atoms with van der Waals surface area (Å²) < 4.78 is 5.46. The van der Waals surface area contributed by atoms with Gasteiger partial charge >= 0.3 is 0 Å². The lowest BCUT2D eigenvalue weighted by atomic mass is 9.97. The number of furan rings is 1. The van der Waals surface area contributed by atoms with Crippen LogP contribution in [0.1, 0.15) is 83.3 Å². The molecule has 1 aromatic rings. The standard InChI is InChI=1S/C19H33NO/c1-17(16-19-14-11-15-21-19)20-18-12-9-7-5-3-2-4-6-8-10-13-18/h11,14-15,17-18,20H,2-10,12-13,16H2,1H3. The van der Waals surface area contributed by atoms with Crippen molar-refractivity contribution in [2.75, 3.05) is 0 Å². The summed E-state index contributed by atoms with van der Waals surface area (Å²) in [7, 11) is 0. The van der Waals surface area contributed by atoms with Gasteiger partial charge < -0.3 is 9.73 Å².